The first-order valence-corrected chi connectivity index (χ1v) is 10.3. The van der Waals surface area contributed by atoms with E-state index < -0.39 is 0 Å². The second-order valence-electron chi connectivity index (χ2n) is 7.67. The maximum Gasteiger partial charge on any atom is 0.254 e. The molecule has 1 aliphatic rings. The van der Waals surface area contributed by atoms with Crippen molar-refractivity contribution >= 4 is 5.91 Å². The number of ether oxygens (including phenoxy) is 1. The summed E-state index contributed by atoms with van der Waals surface area (Å²) in [5.41, 5.74) is 3.73. The minimum Gasteiger partial charge on any atom is -0.489 e. The number of aromatic nitrogens is 1. The van der Waals surface area contributed by atoms with Gasteiger partial charge in [0.05, 0.1) is 11.3 Å². The lowest BCUT2D eigenvalue weighted by atomic mass is 10.1. The van der Waals surface area contributed by atoms with Crippen molar-refractivity contribution in [2.24, 2.45) is 0 Å². The van der Waals surface area contributed by atoms with Crippen molar-refractivity contribution in [1.82, 2.24) is 15.0 Å². The van der Waals surface area contributed by atoms with Crippen molar-refractivity contribution < 1.29 is 14.1 Å². The Labute approximate surface area is 177 Å². The molecular weight excluding hydrogens is 378 g/mol. The summed E-state index contributed by atoms with van der Waals surface area (Å²) in [5, 5.41) is 3.95. The number of hydrogen-bond donors (Lipinski definition) is 0. The molecule has 0 radical (unpaired) electrons. The van der Waals surface area contributed by atoms with Crippen molar-refractivity contribution in [2.75, 3.05) is 26.2 Å². The summed E-state index contributed by atoms with van der Waals surface area (Å²) in [7, 11) is 0. The number of amides is 1. The van der Waals surface area contributed by atoms with E-state index in [1.807, 2.05) is 49.1 Å². The highest BCUT2D eigenvalue weighted by molar-refractivity contribution is 5.94. The highest BCUT2D eigenvalue weighted by atomic mass is 16.5. The normalized spacial score (nSPS) is 14.7. The Hall–Kier alpha value is -3.12. The average Bonchev–Trinajstić information content (AvgIpc) is 3.10. The Morgan fingerprint density at radius 3 is 2.50 bits per heavy atom. The van der Waals surface area contributed by atoms with E-state index in [9.17, 15) is 4.79 Å². The molecule has 0 bridgehead atoms. The van der Waals surface area contributed by atoms with Gasteiger partial charge in [-0.15, -0.1) is 0 Å². The van der Waals surface area contributed by atoms with Crippen molar-refractivity contribution in [3.05, 3.63) is 82.7 Å². The first kappa shape index (κ1) is 20.2. The van der Waals surface area contributed by atoms with Crippen LogP contribution in [0.25, 0.3) is 0 Å². The van der Waals surface area contributed by atoms with Gasteiger partial charge in [0.2, 0.25) is 0 Å². The largest absolute Gasteiger partial charge is 0.489 e. The highest BCUT2D eigenvalue weighted by Crippen LogP contribution is 2.20. The van der Waals surface area contributed by atoms with Crippen LogP contribution in [0.3, 0.4) is 0 Å². The van der Waals surface area contributed by atoms with Crippen LogP contribution in [0.15, 0.2) is 59.1 Å². The fourth-order valence-corrected chi connectivity index (χ4v) is 3.72. The van der Waals surface area contributed by atoms with Gasteiger partial charge in [0.25, 0.3) is 5.91 Å². The van der Waals surface area contributed by atoms with Gasteiger partial charge in [-0.25, -0.2) is 0 Å². The molecule has 3 aromatic rings. The lowest BCUT2D eigenvalue weighted by molar-refractivity contribution is 0.0628. The number of rotatable bonds is 6. The first-order chi connectivity index (χ1) is 14.6. The Morgan fingerprint density at radius 2 is 1.80 bits per heavy atom. The van der Waals surface area contributed by atoms with E-state index in [0.29, 0.717) is 17.9 Å². The minimum atomic E-state index is 0.0529. The molecule has 0 spiro atoms. The Bertz CT molecular complexity index is 972. The van der Waals surface area contributed by atoms with Gasteiger partial charge in [-0.1, -0.05) is 41.6 Å². The Kier molecular flexibility index (Phi) is 6.14. The molecule has 4 rings (SSSR count). The van der Waals surface area contributed by atoms with Crippen LogP contribution in [-0.4, -0.2) is 47.0 Å². The number of benzene rings is 2. The second-order valence-corrected chi connectivity index (χ2v) is 7.67. The second kappa shape index (κ2) is 9.13. The molecule has 0 aliphatic carbocycles. The molecule has 6 nitrogen and oxygen atoms in total. The quantitative estimate of drug-likeness (QED) is 0.624. The zero-order valence-electron chi connectivity index (χ0n) is 17.5. The molecule has 1 fully saturated rings. The van der Waals surface area contributed by atoms with Gasteiger partial charge in [-0.3, -0.25) is 9.69 Å². The van der Waals surface area contributed by atoms with Crippen LogP contribution in [-0.2, 0) is 13.2 Å². The number of carbonyl (C=O) groups excluding carboxylic acids is 1. The van der Waals surface area contributed by atoms with E-state index in [4.69, 9.17) is 9.26 Å². The molecule has 1 aliphatic heterocycles. The van der Waals surface area contributed by atoms with E-state index >= 15 is 0 Å². The molecule has 2 aromatic carbocycles. The lowest BCUT2D eigenvalue weighted by Crippen LogP contribution is -2.48. The Balaban J connectivity index is 1.33. The molecule has 156 valence electrons. The van der Waals surface area contributed by atoms with Crippen LogP contribution in [0.2, 0.25) is 0 Å². The summed E-state index contributed by atoms with van der Waals surface area (Å²) in [6.45, 7) is 8.28. The molecule has 2 heterocycles. The average molecular weight is 405 g/mol. The summed E-state index contributed by atoms with van der Waals surface area (Å²) in [5.74, 6) is 1.48. The summed E-state index contributed by atoms with van der Waals surface area (Å²) in [6, 6.07) is 17.8. The van der Waals surface area contributed by atoms with Crippen LogP contribution >= 0.6 is 0 Å². The van der Waals surface area contributed by atoms with Crippen molar-refractivity contribution in [3.8, 4) is 5.75 Å². The van der Waals surface area contributed by atoms with Gasteiger partial charge in [0, 0.05) is 38.3 Å². The fraction of sp³-hybridized carbons (Fsp3) is 0.333. The van der Waals surface area contributed by atoms with Crippen LogP contribution in [0.4, 0.5) is 0 Å². The molecule has 0 saturated carbocycles. The van der Waals surface area contributed by atoms with Gasteiger partial charge in [0.1, 0.15) is 18.1 Å². The third kappa shape index (κ3) is 4.71. The standard InChI is InChI=1S/C24H27N3O3/c1-18-23(19(2)30-25-18)17-29-22-10-6-9-21(15-22)24(28)27-13-11-26(12-14-27)16-20-7-4-3-5-8-20/h3-10,15H,11-14,16-17H2,1-2H3. The minimum absolute atomic E-state index is 0.0529. The molecule has 1 saturated heterocycles. The van der Waals surface area contributed by atoms with E-state index in [1.54, 1.807) is 0 Å². The molecule has 6 heteroatoms. The summed E-state index contributed by atoms with van der Waals surface area (Å²) in [6.07, 6.45) is 0. The molecule has 0 atom stereocenters. The number of aryl methyl sites for hydroxylation is 2. The predicted molar refractivity (Wildman–Crippen MR) is 114 cm³/mol. The van der Waals surface area contributed by atoms with Gasteiger partial charge < -0.3 is 14.2 Å². The van der Waals surface area contributed by atoms with Crippen molar-refractivity contribution in [1.29, 1.82) is 0 Å². The topological polar surface area (TPSA) is 58.8 Å². The zero-order valence-corrected chi connectivity index (χ0v) is 17.5. The maximum atomic E-state index is 13.0. The van der Waals surface area contributed by atoms with E-state index in [2.05, 4.69) is 34.3 Å². The zero-order chi connectivity index (χ0) is 20.9. The van der Waals surface area contributed by atoms with E-state index in [1.165, 1.54) is 5.56 Å². The monoisotopic (exact) mass is 405 g/mol. The summed E-state index contributed by atoms with van der Waals surface area (Å²) >= 11 is 0. The summed E-state index contributed by atoms with van der Waals surface area (Å²) in [4.78, 5) is 17.3. The molecular formula is C24H27N3O3. The highest BCUT2D eigenvalue weighted by Gasteiger charge is 2.22. The number of hydrogen-bond acceptors (Lipinski definition) is 5. The molecule has 0 unspecified atom stereocenters. The Morgan fingerprint density at radius 1 is 1.03 bits per heavy atom. The third-order valence-electron chi connectivity index (χ3n) is 5.55. The van der Waals surface area contributed by atoms with Crippen molar-refractivity contribution in [3.63, 3.8) is 0 Å². The summed E-state index contributed by atoms with van der Waals surface area (Å²) < 4.78 is 11.1. The molecule has 30 heavy (non-hydrogen) atoms. The van der Waals surface area contributed by atoms with Crippen LogP contribution in [0.1, 0.15) is 32.9 Å². The lowest BCUT2D eigenvalue weighted by Gasteiger charge is -2.34. The SMILES string of the molecule is Cc1noc(C)c1COc1cccc(C(=O)N2CCN(Cc3ccccc3)CC2)c1. The fourth-order valence-electron chi connectivity index (χ4n) is 3.72. The van der Waals surface area contributed by atoms with E-state index in [0.717, 1.165) is 49.7 Å². The molecule has 0 N–H and O–H groups in total. The van der Waals surface area contributed by atoms with Crippen LogP contribution in [0, 0.1) is 13.8 Å². The van der Waals surface area contributed by atoms with Crippen LogP contribution < -0.4 is 4.74 Å². The van der Waals surface area contributed by atoms with Crippen molar-refractivity contribution in [2.45, 2.75) is 27.0 Å². The predicted octanol–water partition coefficient (Wildman–Crippen LogP) is 3.83. The van der Waals surface area contributed by atoms with Gasteiger partial charge in [-0.05, 0) is 37.6 Å². The first-order valence-electron chi connectivity index (χ1n) is 10.3. The third-order valence-corrected chi connectivity index (χ3v) is 5.55. The van der Waals surface area contributed by atoms with Gasteiger partial charge in [0.15, 0.2) is 0 Å². The molecule has 1 aromatic heterocycles. The number of nitrogens with zero attached hydrogens (tertiary/aromatic N) is 3. The van der Waals surface area contributed by atoms with Crippen LogP contribution in [0.5, 0.6) is 5.75 Å². The maximum absolute atomic E-state index is 13.0. The number of carbonyl (C=O) groups is 1. The van der Waals surface area contributed by atoms with Gasteiger partial charge in [-0.2, -0.15) is 0 Å². The number of piperazine rings is 1. The van der Waals surface area contributed by atoms with Gasteiger partial charge >= 0.3 is 0 Å². The smallest absolute Gasteiger partial charge is 0.254 e. The van der Waals surface area contributed by atoms with E-state index in [-0.39, 0.29) is 5.91 Å². The molecule has 1 amide bonds.